The monoisotopic (exact) mass is 225 g/mol. The Kier molecular flexibility index (Phi) is 2.99. The largest absolute Gasteiger partial charge is 0.0646 e. The normalized spacial score (nSPS) is 16.4. The van der Waals surface area contributed by atoms with E-state index in [1.54, 1.807) is 0 Å². The lowest BCUT2D eigenvalue weighted by Crippen LogP contribution is -2.10. The topological polar surface area (TPSA) is 0 Å². The molecule has 0 atom stereocenters. The van der Waals surface area contributed by atoms with Gasteiger partial charge in [-0.1, -0.05) is 62.3 Å². The first-order chi connectivity index (χ1) is 7.88. The van der Waals surface area contributed by atoms with Gasteiger partial charge in [-0.05, 0) is 36.0 Å². The van der Waals surface area contributed by atoms with Gasteiger partial charge in [-0.15, -0.1) is 0 Å². The van der Waals surface area contributed by atoms with E-state index in [-0.39, 0.29) is 5.41 Å². The van der Waals surface area contributed by atoms with Gasteiger partial charge >= 0.3 is 0 Å². The van der Waals surface area contributed by atoms with Gasteiger partial charge < -0.3 is 0 Å². The minimum absolute atomic E-state index is 0.232. The Hall–Kier alpha value is -1.30. The molecule has 17 heavy (non-hydrogen) atoms. The second kappa shape index (κ2) is 4.18. The van der Waals surface area contributed by atoms with E-state index >= 15 is 0 Å². The van der Waals surface area contributed by atoms with Crippen molar-refractivity contribution in [2.24, 2.45) is 0 Å². The molecule has 1 radical (unpaired) electrons. The molecule has 2 rings (SSSR count). The summed E-state index contributed by atoms with van der Waals surface area (Å²) in [5.74, 6) is 0. The number of rotatable bonds is 1. The fourth-order valence-electron chi connectivity index (χ4n) is 2.26. The van der Waals surface area contributed by atoms with Crippen LogP contribution in [0.2, 0.25) is 0 Å². The summed E-state index contributed by atoms with van der Waals surface area (Å²) in [6.45, 7) is 11.1. The molecule has 0 fully saturated rings. The number of hydrogen-bond donors (Lipinski definition) is 0. The van der Waals surface area contributed by atoms with Crippen LogP contribution in [0.3, 0.4) is 0 Å². The van der Waals surface area contributed by atoms with Crippen LogP contribution >= 0.6 is 0 Å². The van der Waals surface area contributed by atoms with E-state index in [2.05, 4.69) is 71.4 Å². The van der Waals surface area contributed by atoms with Crippen molar-refractivity contribution in [1.29, 1.82) is 0 Å². The maximum atomic E-state index is 2.27. The molecule has 0 aliphatic heterocycles. The molecule has 0 spiro atoms. The van der Waals surface area contributed by atoms with Crippen molar-refractivity contribution in [3.05, 3.63) is 59.0 Å². The van der Waals surface area contributed by atoms with Gasteiger partial charge in [0.15, 0.2) is 0 Å². The second-order valence-electron chi connectivity index (χ2n) is 5.96. The fourth-order valence-corrected chi connectivity index (χ4v) is 2.26. The maximum Gasteiger partial charge on any atom is 0.0117 e. The third-order valence-electron chi connectivity index (χ3n) is 3.30. The molecule has 0 unspecified atom stereocenters. The third-order valence-corrected chi connectivity index (χ3v) is 3.30. The molecule has 0 heteroatoms. The van der Waals surface area contributed by atoms with Crippen molar-refractivity contribution in [3.63, 3.8) is 0 Å². The molecule has 0 N–H and O–H groups in total. The van der Waals surface area contributed by atoms with Crippen LogP contribution in [0.4, 0.5) is 0 Å². The Morgan fingerprint density at radius 1 is 0.882 bits per heavy atom. The Morgan fingerprint density at radius 3 is 1.88 bits per heavy atom. The Morgan fingerprint density at radius 2 is 1.47 bits per heavy atom. The van der Waals surface area contributed by atoms with Crippen LogP contribution in [0.1, 0.15) is 45.7 Å². The molecule has 1 aliphatic rings. The average molecular weight is 225 g/mol. The lowest BCUT2D eigenvalue weighted by Gasteiger charge is -2.19. The van der Waals surface area contributed by atoms with Gasteiger partial charge in [0.05, 0.1) is 0 Å². The van der Waals surface area contributed by atoms with Crippen LogP contribution in [-0.2, 0) is 5.41 Å². The van der Waals surface area contributed by atoms with Crippen LogP contribution in [0, 0.1) is 6.42 Å². The zero-order valence-corrected chi connectivity index (χ0v) is 11.5. The van der Waals surface area contributed by atoms with Gasteiger partial charge in [0, 0.05) is 6.42 Å². The summed E-state index contributed by atoms with van der Waals surface area (Å²) in [6.07, 6.45) is 4.51. The highest BCUT2D eigenvalue weighted by Crippen LogP contribution is 2.32. The van der Waals surface area contributed by atoms with Gasteiger partial charge in [-0.2, -0.15) is 0 Å². The van der Waals surface area contributed by atoms with Crippen molar-refractivity contribution in [2.75, 3.05) is 0 Å². The molecule has 0 bridgehead atoms. The van der Waals surface area contributed by atoms with E-state index in [4.69, 9.17) is 0 Å². The summed E-state index contributed by atoms with van der Waals surface area (Å²) in [6, 6.07) is 8.97. The van der Waals surface area contributed by atoms with Gasteiger partial charge in [0.2, 0.25) is 0 Å². The molecular formula is C17H21. The molecule has 0 heterocycles. The minimum atomic E-state index is 0.232. The molecule has 89 valence electrons. The molecule has 1 aromatic carbocycles. The lowest BCUT2D eigenvalue weighted by atomic mass is 9.86. The summed E-state index contributed by atoms with van der Waals surface area (Å²) in [5, 5.41) is 0. The van der Waals surface area contributed by atoms with Crippen molar-refractivity contribution < 1.29 is 0 Å². The standard InChI is InChI=1S/C17H21/c1-12-10-13(2)16(11-12)14-6-8-15(9-7-14)17(3,4)5/h6-11H,1-5H3. The van der Waals surface area contributed by atoms with Crippen molar-refractivity contribution in [3.8, 4) is 0 Å². The van der Waals surface area contributed by atoms with Crippen molar-refractivity contribution in [2.45, 2.75) is 40.0 Å². The van der Waals surface area contributed by atoms with Crippen molar-refractivity contribution in [1.82, 2.24) is 0 Å². The predicted octanol–water partition coefficient (Wildman–Crippen LogP) is 4.92. The third kappa shape index (κ3) is 2.52. The van der Waals surface area contributed by atoms with Crippen LogP contribution in [0.15, 0.2) is 41.5 Å². The summed E-state index contributed by atoms with van der Waals surface area (Å²) in [7, 11) is 0. The summed E-state index contributed by atoms with van der Waals surface area (Å²) < 4.78 is 0. The molecule has 0 amide bonds. The predicted molar refractivity (Wildman–Crippen MR) is 75.8 cm³/mol. The fraction of sp³-hybridized carbons (Fsp3) is 0.353. The highest BCUT2D eigenvalue weighted by molar-refractivity contribution is 5.82. The first-order valence-electron chi connectivity index (χ1n) is 6.23. The van der Waals surface area contributed by atoms with E-state index in [1.165, 1.54) is 27.8 Å². The Labute approximate surface area is 105 Å². The van der Waals surface area contributed by atoms with E-state index < -0.39 is 0 Å². The summed E-state index contributed by atoms with van der Waals surface area (Å²) >= 11 is 0. The first kappa shape index (κ1) is 12.2. The van der Waals surface area contributed by atoms with E-state index in [1.807, 2.05) is 0 Å². The number of hydrogen-bond acceptors (Lipinski definition) is 0. The minimum Gasteiger partial charge on any atom is -0.0646 e. The van der Waals surface area contributed by atoms with E-state index in [0.29, 0.717) is 0 Å². The van der Waals surface area contributed by atoms with E-state index in [9.17, 15) is 0 Å². The zero-order valence-electron chi connectivity index (χ0n) is 11.5. The Bertz CT molecular complexity index is 476. The second-order valence-corrected chi connectivity index (χ2v) is 5.96. The zero-order chi connectivity index (χ0) is 12.6. The first-order valence-corrected chi connectivity index (χ1v) is 6.23. The maximum absolute atomic E-state index is 2.27. The number of allylic oxidation sites excluding steroid dienone is 4. The summed E-state index contributed by atoms with van der Waals surface area (Å²) in [4.78, 5) is 0. The van der Waals surface area contributed by atoms with Crippen LogP contribution < -0.4 is 0 Å². The van der Waals surface area contributed by atoms with Crippen LogP contribution in [0.25, 0.3) is 5.57 Å². The molecule has 1 aromatic rings. The smallest absolute Gasteiger partial charge is 0.0117 e. The van der Waals surface area contributed by atoms with Gasteiger partial charge in [0.1, 0.15) is 0 Å². The lowest BCUT2D eigenvalue weighted by molar-refractivity contribution is 0.590. The molecule has 0 saturated heterocycles. The highest BCUT2D eigenvalue weighted by Gasteiger charge is 2.15. The molecule has 0 aromatic heterocycles. The number of benzene rings is 1. The van der Waals surface area contributed by atoms with Crippen LogP contribution in [0.5, 0.6) is 0 Å². The van der Waals surface area contributed by atoms with Gasteiger partial charge in [-0.3, -0.25) is 0 Å². The average Bonchev–Trinajstić information content (AvgIpc) is 2.57. The SMILES string of the molecule is CC1=CC(c2ccc(C(C)(C)C)cc2)=C(C)[CH]1. The van der Waals surface area contributed by atoms with Gasteiger partial charge in [0.25, 0.3) is 0 Å². The summed E-state index contributed by atoms with van der Waals surface area (Å²) in [5.41, 5.74) is 7.02. The molecule has 1 aliphatic carbocycles. The molecular weight excluding hydrogens is 204 g/mol. The Balaban J connectivity index is 2.34. The molecule has 0 nitrogen and oxygen atoms in total. The van der Waals surface area contributed by atoms with Crippen molar-refractivity contribution >= 4 is 5.57 Å². The van der Waals surface area contributed by atoms with Crippen LogP contribution in [-0.4, -0.2) is 0 Å². The molecule has 0 saturated carbocycles. The highest BCUT2D eigenvalue weighted by atomic mass is 14.2. The van der Waals surface area contributed by atoms with Gasteiger partial charge in [-0.25, -0.2) is 0 Å². The quantitative estimate of drug-likeness (QED) is 0.636. The van der Waals surface area contributed by atoms with E-state index in [0.717, 1.165) is 0 Å².